The number of rotatable bonds is 1. The van der Waals surface area contributed by atoms with Crippen LogP contribution in [0.25, 0.3) is 0 Å². The van der Waals surface area contributed by atoms with Crippen LogP contribution in [-0.2, 0) is 0 Å². The summed E-state index contributed by atoms with van der Waals surface area (Å²) in [6, 6.07) is 1.93. The van der Waals surface area contributed by atoms with Crippen LogP contribution in [0.4, 0.5) is 8.78 Å². The molecule has 1 atom stereocenters. The third kappa shape index (κ3) is 2.51. The maximum Gasteiger partial charge on any atom is 0.256 e. The number of piperidine rings is 1. The van der Waals surface area contributed by atoms with Crippen molar-refractivity contribution in [1.29, 1.82) is 0 Å². The van der Waals surface area contributed by atoms with E-state index in [1.54, 1.807) is 0 Å². The van der Waals surface area contributed by atoms with Crippen LogP contribution in [0.2, 0.25) is 0 Å². The maximum absolute atomic E-state index is 13.7. The van der Waals surface area contributed by atoms with Gasteiger partial charge in [0.2, 0.25) is 0 Å². The minimum atomic E-state index is -0.682. The Morgan fingerprint density at radius 3 is 2.78 bits per heavy atom. The number of hydrogen-bond acceptors (Lipinski definition) is 2. The van der Waals surface area contributed by atoms with Crippen LogP contribution < -0.4 is 5.73 Å². The van der Waals surface area contributed by atoms with Gasteiger partial charge in [0.15, 0.2) is 0 Å². The summed E-state index contributed by atoms with van der Waals surface area (Å²) in [7, 11) is 0. The molecule has 1 amide bonds. The number of carbonyl (C=O) groups is 1. The molecule has 3 nitrogen and oxygen atoms in total. The molecule has 98 valence electrons. The highest BCUT2D eigenvalue weighted by Crippen LogP contribution is 2.18. The van der Waals surface area contributed by atoms with Crippen molar-refractivity contribution in [3.63, 3.8) is 0 Å². The number of hydrogen-bond donors (Lipinski definition) is 1. The predicted molar refractivity (Wildman–Crippen MR) is 64.2 cm³/mol. The molecule has 1 heterocycles. The van der Waals surface area contributed by atoms with Gasteiger partial charge in [-0.25, -0.2) is 8.78 Å². The number of benzene rings is 1. The zero-order valence-electron chi connectivity index (χ0n) is 10.2. The normalized spacial score (nSPS) is 20.0. The van der Waals surface area contributed by atoms with Crippen molar-refractivity contribution in [2.75, 3.05) is 13.1 Å². The average molecular weight is 254 g/mol. The van der Waals surface area contributed by atoms with Crippen LogP contribution in [0.15, 0.2) is 12.1 Å². The van der Waals surface area contributed by atoms with Gasteiger partial charge in [-0.3, -0.25) is 4.79 Å². The molecule has 1 aromatic carbocycles. The molecular weight excluding hydrogens is 238 g/mol. The van der Waals surface area contributed by atoms with Gasteiger partial charge in [0.05, 0.1) is 5.56 Å². The van der Waals surface area contributed by atoms with E-state index in [1.807, 2.05) is 0 Å². The third-order valence-electron chi connectivity index (χ3n) is 3.22. The molecule has 18 heavy (non-hydrogen) atoms. The van der Waals surface area contributed by atoms with Crippen LogP contribution in [0.5, 0.6) is 0 Å². The Hall–Kier alpha value is -1.49. The molecule has 0 aromatic heterocycles. The predicted octanol–water partition coefficient (Wildman–Crippen LogP) is 1.84. The second kappa shape index (κ2) is 5.02. The van der Waals surface area contributed by atoms with Gasteiger partial charge in [0.1, 0.15) is 11.6 Å². The number of nitrogens with two attached hydrogens (primary N) is 1. The van der Waals surface area contributed by atoms with Gasteiger partial charge in [0.25, 0.3) is 5.91 Å². The lowest BCUT2D eigenvalue weighted by Crippen LogP contribution is -2.45. The first-order chi connectivity index (χ1) is 8.49. The molecule has 5 heteroatoms. The van der Waals surface area contributed by atoms with Crippen LogP contribution in [0, 0.1) is 18.6 Å². The SMILES string of the molecule is Cc1cc(F)c(C(=O)N2CCCC(N)C2)cc1F. The van der Waals surface area contributed by atoms with E-state index in [0.29, 0.717) is 13.1 Å². The van der Waals surface area contributed by atoms with E-state index in [2.05, 4.69) is 0 Å². The highest BCUT2D eigenvalue weighted by molar-refractivity contribution is 5.94. The zero-order valence-corrected chi connectivity index (χ0v) is 10.2. The Morgan fingerprint density at radius 2 is 2.11 bits per heavy atom. The van der Waals surface area contributed by atoms with Gasteiger partial charge in [-0.15, -0.1) is 0 Å². The molecule has 1 fully saturated rings. The first kappa shape index (κ1) is 13.0. The van der Waals surface area contributed by atoms with Crippen molar-refractivity contribution in [3.05, 3.63) is 34.9 Å². The number of nitrogens with zero attached hydrogens (tertiary/aromatic N) is 1. The molecule has 1 aliphatic rings. The lowest BCUT2D eigenvalue weighted by atomic mass is 10.0. The van der Waals surface area contributed by atoms with Crippen molar-refractivity contribution in [3.8, 4) is 0 Å². The monoisotopic (exact) mass is 254 g/mol. The highest BCUT2D eigenvalue weighted by atomic mass is 19.1. The Balaban J connectivity index is 2.25. The summed E-state index contributed by atoms with van der Waals surface area (Å²) in [4.78, 5) is 13.6. The van der Waals surface area contributed by atoms with Gasteiger partial charge in [-0.05, 0) is 37.5 Å². The summed E-state index contributed by atoms with van der Waals surface area (Å²) >= 11 is 0. The van der Waals surface area contributed by atoms with Gasteiger partial charge in [0, 0.05) is 19.1 Å². The lowest BCUT2D eigenvalue weighted by Gasteiger charge is -2.30. The molecule has 0 bridgehead atoms. The Labute approximate surface area is 105 Å². The average Bonchev–Trinajstić information content (AvgIpc) is 2.33. The molecular formula is C13H16F2N2O. The molecule has 0 aliphatic carbocycles. The summed E-state index contributed by atoms with van der Waals surface area (Å²) in [5.74, 6) is -1.74. The van der Waals surface area contributed by atoms with E-state index in [4.69, 9.17) is 5.73 Å². The first-order valence-electron chi connectivity index (χ1n) is 5.99. The second-order valence-corrected chi connectivity index (χ2v) is 4.73. The quantitative estimate of drug-likeness (QED) is 0.831. The Bertz CT molecular complexity index is 476. The smallest absolute Gasteiger partial charge is 0.256 e. The molecule has 0 radical (unpaired) electrons. The lowest BCUT2D eigenvalue weighted by molar-refractivity contribution is 0.0703. The third-order valence-corrected chi connectivity index (χ3v) is 3.22. The summed E-state index contributed by atoms with van der Waals surface area (Å²) in [5.41, 5.74) is 5.75. The number of aryl methyl sites for hydroxylation is 1. The molecule has 2 rings (SSSR count). The van der Waals surface area contributed by atoms with E-state index in [1.165, 1.54) is 11.8 Å². The summed E-state index contributed by atoms with van der Waals surface area (Å²) in [6.07, 6.45) is 1.65. The number of amides is 1. The second-order valence-electron chi connectivity index (χ2n) is 4.73. The molecule has 1 aromatic rings. The Kier molecular flexibility index (Phi) is 3.61. The summed E-state index contributed by atoms with van der Waals surface area (Å²) in [6.45, 7) is 2.40. The maximum atomic E-state index is 13.7. The van der Waals surface area contributed by atoms with Gasteiger partial charge >= 0.3 is 0 Å². The Morgan fingerprint density at radius 1 is 1.39 bits per heavy atom. The van der Waals surface area contributed by atoms with Crippen LogP contribution in [0.3, 0.4) is 0 Å². The fourth-order valence-corrected chi connectivity index (χ4v) is 2.17. The number of carbonyl (C=O) groups excluding carboxylic acids is 1. The standard InChI is InChI=1S/C13H16F2N2O/c1-8-5-12(15)10(6-11(8)14)13(18)17-4-2-3-9(16)7-17/h5-6,9H,2-4,7,16H2,1H3. The van der Waals surface area contributed by atoms with E-state index in [9.17, 15) is 13.6 Å². The fraction of sp³-hybridized carbons (Fsp3) is 0.462. The number of halogens is 2. The molecule has 0 spiro atoms. The summed E-state index contributed by atoms with van der Waals surface area (Å²) < 4.78 is 27.1. The van der Waals surface area contributed by atoms with Gasteiger partial charge in [-0.1, -0.05) is 0 Å². The molecule has 1 aliphatic heterocycles. The van der Waals surface area contributed by atoms with Crippen molar-refractivity contribution < 1.29 is 13.6 Å². The van der Waals surface area contributed by atoms with E-state index in [-0.39, 0.29) is 17.2 Å². The molecule has 2 N–H and O–H groups in total. The van der Waals surface area contributed by atoms with Crippen LogP contribution >= 0.6 is 0 Å². The largest absolute Gasteiger partial charge is 0.337 e. The first-order valence-corrected chi connectivity index (χ1v) is 5.99. The van der Waals surface area contributed by atoms with Crippen molar-refractivity contribution >= 4 is 5.91 Å². The highest BCUT2D eigenvalue weighted by Gasteiger charge is 2.25. The zero-order chi connectivity index (χ0) is 13.3. The molecule has 1 unspecified atom stereocenters. The van der Waals surface area contributed by atoms with Crippen LogP contribution in [0.1, 0.15) is 28.8 Å². The molecule has 1 saturated heterocycles. The van der Waals surface area contributed by atoms with E-state index >= 15 is 0 Å². The topological polar surface area (TPSA) is 46.3 Å². The number of likely N-dealkylation sites (tertiary alicyclic amines) is 1. The van der Waals surface area contributed by atoms with Crippen molar-refractivity contribution in [2.45, 2.75) is 25.8 Å². The fourth-order valence-electron chi connectivity index (χ4n) is 2.17. The van der Waals surface area contributed by atoms with E-state index in [0.717, 1.165) is 25.0 Å². The minimum Gasteiger partial charge on any atom is -0.337 e. The van der Waals surface area contributed by atoms with Gasteiger partial charge < -0.3 is 10.6 Å². The summed E-state index contributed by atoms with van der Waals surface area (Å²) in [5, 5.41) is 0. The van der Waals surface area contributed by atoms with Crippen molar-refractivity contribution in [1.82, 2.24) is 4.90 Å². The van der Waals surface area contributed by atoms with Gasteiger partial charge in [-0.2, -0.15) is 0 Å². The van der Waals surface area contributed by atoms with E-state index < -0.39 is 17.5 Å². The minimum absolute atomic E-state index is 0.0824. The van der Waals surface area contributed by atoms with Crippen LogP contribution in [-0.4, -0.2) is 29.9 Å². The van der Waals surface area contributed by atoms with Crippen molar-refractivity contribution in [2.24, 2.45) is 5.73 Å². The molecule has 0 saturated carbocycles.